The molecule has 0 fully saturated rings. The van der Waals surface area contributed by atoms with Crippen molar-refractivity contribution in [3.05, 3.63) is 35.6 Å². The molecule has 0 spiro atoms. The van der Waals surface area contributed by atoms with Crippen LogP contribution in [0.15, 0.2) is 24.3 Å². The van der Waals surface area contributed by atoms with Crippen molar-refractivity contribution in [3.8, 4) is 0 Å². The van der Waals surface area contributed by atoms with Crippen LogP contribution in [0.25, 0.3) is 0 Å². The molecule has 0 aliphatic heterocycles. The van der Waals surface area contributed by atoms with Crippen LogP contribution in [-0.4, -0.2) is 26.2 Å². The maximum Gasteiger partial charge on any atom is 0.227 e. The summed E-state index contributed by atoms with van der Waals surface area (Å²) in [6.07, 6.45) is 2.54. The Kier molecular flexibility index (Phi) is 7.11. The molecule has 0 aliphatic carbocycles. The Morgan fingerprint density at radius 2 is 2.00 bits per heavy atom. The Morgan fingerprint density at radius 3 is 2.58 bits per heavy atom. The summed E-state index contributed by atoms with van der Waals surface area (Å²) in [7, 11) is 1.67. The lowest BCUT2D eigenvalue weighted by molar-refractivity contribution is -0.122. The van der Waals surface area contributed by atoms with Crippen molar-refractivity contribution in [1.29, 1.82) is 0 Å². The monoisotopic (exact) mass is 267 g/mol. The summed E-state index contributed by atoms with van der Waals surface area (Å²) < 4.78 is 17.8. The Labute approximate surface area is 114 Å². The lowest BCUT2D eigenvalue weighted by atomic mass is 9.95. The van der Waals surface area contributed by atoms with Gasteiger partial charge in [0.2, 0.25) is 5.91 Å². The van der Waals surface area contributed by atoms with E-state index in [0.29, 0.717) is 19.6 Å². The Hall–Kier alpha value is -1.42. The molecule has 19 heavy (non-hydrogen) atoms. The van der Waals surface area contributed by atoms with Gasteiger partial charge in [0.1, 0.15) is 5.82 Å². The van der Waals surface area contributed by atoms with Crippen molar-refractivity contribution < 1.29 is 13.9 Å². The first kappa shape index (κ1) is 15.6. The molecule has 0 aromatic heterocycles. The van der Waals surface area contributed by atoms with E-state index in [1.165, 1.54) is 12.1 Å². The number of rotatable bonds is 8. The van der Waals surface area contributed by atoms with Crippen molar-refractivity contribution in [2.24, 2.45) is 0 Å². The highest BCUT2D eigenvalue weighted by Crippen LogP contribution is 2.19. The smallest absolute Gasteiger partial charge is 0.227 e. The second kappa shape index (κ2) is 8.64. The molecule has 0 radical (unpaired) electrons. The summed E-state index contributed by atoms with van der Waals surface area (Å²) in [4.78, 5) is 12.1. The molecule has 0 heterocycles. The van der Waals surface area contributed by atoms with Crippen LogP contribution >= 0.6 is 0 Å². The van der Waals surface area contributed by atoms with E-state index in [2.05, 4.69) is 5.32 Å². The molecule has 1 unspecified atom stereocenters. The summed E-state index contributed by atoms with van der Waals surface area (Å²) in [6.45, 7) is 3.32. The first-order valence-corrected chi connectivity index (χ1v) is 6.71. The number of carbonyl (C=O) groups excluding carboxylic acids is 1. The van der Waals surface area contributed by atoms with Crippen LogP contribution in [0.2, 0.25) is 0 Å². The summed E-state index contributed by atoms with van der Waals surface area (Å²) in [5.41, 5.74) is 0.860. The molecule has 0 aliphatic rings. The van der Waals surface area contributed by atoms with Gasteiger partial charge >= 0.3 is 0 Å². The number of hydrogen-bond acceptors (Lipinski definition) is 2. The number of ether oxygens (including phenoxy) is 1. The van der Waals surface area contributed by atoms with Crippen LogP contribution in [-0.2, 0) is 9.53 Å². The molecule has 1 aromatic rings. The maximum atomic E-state index is 12.9. The van der Waals surface area contributed by atoms with Crippen molar-refractivity contribution in [2.75, 3.05) is 20.3 Å². The second-order valence-electron chi connectivity index (χ2n) is 4.50. The maximum absolute atomic E-state index is 12.9. The summed E-state index contributed by atoms with van der Waals surface area (Å²) in [5.74, 6) is -0.479. The molecule has 1 amide bonds. The minimum Gasteiger partial charge on any atom is -0.385 e. The van der Waals surface area contributed by atoms with E-state index in [0.717, 1.165) is 18.4 Å². The second-order valence-corrected chi connectivity index (χ2v) is 4.50. The van der Waals surface area contributed by atoms with Gasteiger partial charge in [0, 0.05) is 20.3 Å². The fraction of sp³-hybridized carbons (Fsp3) is 0.533. The minimum atomic E-state index is -0.279. The van der Waals surface area contributed by atoms with E-state index < -0.39 is 0 Å². The lowest BCUT2D eigenvalue weighted by Crippen LogP contribution is -2.30. The topological polar surface area (TPSA) is 38.3 Å². The number of hydrogen-bond donors (Lipinski definition) is 1. The normalized spacial score (nSPS) is 12.2. The molecule has 0 saturated heterocycles. The quantitative estimate of drug-likeness (QED) is 0.735. The van der Waals surface area contributed by atoms with Gasteiger partial charge in [-0.25, -0.2) is 4.39 Å². The zero-order chi connectivity index (χ0) is 14.1. The average molecular weight is 267 g/mol. The lowest BCUT2D eigenvalue weighted by Gasteiger charge is -2.15. The highest BCUT2D eigenvalue weighted by Gasteiger charge is 2.17. The third kappa shape index (κ3) is 5.39. The summed E-state index contributed by atoms with van der Waals surface area (Å²) in [6, 6.07) is 6.13. The number of carbonyl (C=O) groups is 1. The van der Waals surface area contributed by atoms with Crippen molar-refractivity contribution in [3.63, 3.8) is 0 Å². The van der Waals surface area contributed by atoms with Gasteiger partial charge in [0.15, 0.2) is 0 Å². The highest BCUT2D eigenvalue weighted by molar-refractivity contribution is 5.83. The van der Waals surface area contributed by atoms with Crippen LogP contribution in [0.4, 0.5) is 4.39 Å². The third-order valence-corrected chi connectivity index (χ3v) is 3.07. The molecule has 1 N–H and O–H groups in total. The van der Waals surface area contributed by atoms with E-state index in [1.807, 2.05) is 6.92 Å². The van der Waals surface area contributed by atoms with E-state index in [-0.39, 0.29) is 17.6 Å². The van der Waals surface area contributed by atoms with Gasteiger partial charge < -0.3 is 10.1 Å². The van der Waals surface area contributed by atoms with Crippen LogP contribution in [0, 0.1) is 5.82 Å². The molecule has 1 atom stereocenters. The molecule has 3 nitrogen and oxygen atoms in total. The predicted octanol–water partition coefficient (Wildman–Crippen LogP) is 2.86. The molecule has 1 rings (SSSR count). The minimum absolute atomic E-state index is 0.00604. The van der Waals surface area contributed by atoms with E-state index in [4.69, 9.17) is 4.74 Å². The van der Waals surface area contributed by atoms with Gasteiger partial charge in [-0.2, -0.15) is 0 Å². The van der Waals surface area contributed by atoms with Crippen LogP contribution in [0.3, 0.4) is 0 Å². The number of halogens is 1. The zero-order valence-corrected chi connectivity index (χ0v) is 11.6. The van der Waals surface area contributed by atoms with Gasteiger partial charge in [0.05, 0.1) is 5.92 Å². The van der Waals surface area contributed by atoms with Gasteiger partial charge in [-0.05, 0) is 37.0 Å². The van der Waals surface area contributed by atoms with Crippen LogP contribution < -0.4 is 5.32 Å². The number of methoxy groups -OCH3 is 1. The van der Waals surface area contributed by atoms with E-state index >= 15 is 0 Å². The van der Waals surface area contributed by atoms with Gasteiger partial charge in [-0.1, -0.05) is 19.1 Å². The average Bonchev–Trinajstić information content (AvgIpc) is 2.41. The standard InChI is InChI=1S/C15H22FNO2/c1-3-14(12-6-8-13(16)9-7-12)15(18)17-10-4-5-11-19-2/h6-9,14H,3-5,10-11H2,1-2H3,(H,17,18). The van der Waals surface area contributed by atoms with Gasteiger partial charge in [-0.15, -0.1) is 0 Å². The fourth-order valence-electron chi connectivity index (χ4n) is 1.97. The summed E-state index contributed by atoms with van der Waals surface area (Å²) >= 11 is 0. The first-order valence-electron chi connectivity index (χ1n) is 6.71. The zero-order valence-electron chi connectivity index (χ0n) is 11.6. The molecular formula is C15H22FNO2. The van der Waals surface area contributed by atoms with Gasteiger partial charge in [0.25, 0.3) is 0 Å². The molecule has 4 heteroatoms. The fourth-order valence-corrected chi connectivity index (χ4v) is 1.97. The number of nitrogens with one attached hydrogen (secondary N) is 1. The Balaban J connectivity index is 2.45. The molecule has 0 saturated carbocycles. The number of benzene rings is 1. The van der Waals surface area contributed by atoms with Crippen molar-refractivity contribution in [1.82, 2.24) is 5.32 Å². The van der Waals surface area contributed by atoms with Crippen molar-refractivity contribution >= 4 is 5.91 Å². The largest absolute Gasteiger partial charge is 0.385 e. The van der Waals surface area contributed by atoms with E-state index in [1.54, 1.807) is 19.2 Å². The number of amides is 1. The molecule has 0 bridgehead atoms. The summed E-state index contributed by atoms with van der Waals surface area (Å²) in [5, 5.41) is 2.92. The molecular weight excluding hydrogens is 245 g/mol. The SMILES string of the molecule is CCC(C(=O)NCCCCOC)c1ccc(F)cc1. The Bertz CT molecular complexity index is 378. The van der Waals surface area contributed by atoms with Crippen LogP contribution in [0.1, 0.15) is 37.7 Å². The highest BCUT2D eigenvalue weighted by atomic mass is 19.1. The number of unbranched alkanes of at least 4 members (excludes halogenated alkanes) is 1. The third-order valence-electron chi connectivity index (χ3n) is 3.07. The van der Waals surface area contributed by atoms with Crippen molar-refractivity contribution in [2.45, 2.75) is 32.1 Å². The van der Waals surface area contributed by atoms with Crippen LogP contribution in [0.5, 0.6) is 0 Å². The molecule has 106 valence electrons. The first-order chi connectivity index (χ1) is 9.19. The van der Waals surface area contributed by atoms with E-state index in [9.17, 15) is 9.18 Å². The van der Waals surface area contributed by atoms with Gasteiger partial charge in [-0.3, -0.25) is 4.79 Å². The molecule has 1 aromatic carbocycles. The predicted molar refractivity (Wildman–Crippen MR) is 73.6 cm³/mol. The Morgan fingerprint density at radius 1 is 1.32 bits per heavy atom.